The van der Waals surface area contributed by atoms with Crippen LogP contribution in [0.4, 0.5) is 5.82 Å². The summed E-state index contributed by atoms with van der Waals surface area (Å²) < 4.78 is 8.21. The lowest BCUT2D eigenvalue weighted by molar-refractivity contribution is -0.885. The lowest BCUT2D eigenvalue weighted by Crippen LogP contribution is -2.45. The minimum absolute atomic E-state index is 0.160. The molecule has 3 aromatic rings. The SMILES string of the molecule is N#Cc1cccc(CO[n+]2cnc3c(ncn3[C@@H]3O[C@H](CO)[C@@H](O)[C@H]3O)c2N)c1. The van der Waals surface area contributed by atoms with Gasteiger partial charge in [-0.1, -0.05) is 21.8 Å². The Morgan fingerprint density at radius 1 is 1.31 bits per heavy atom. The van der Waals surface area contributed by atoms with Gasteiger partial charge in [0, 0.05) is 0 Å². The van der Waals surface area contributed by atoms with Crippen molar-refractivity contribution in [2.45, 2.75) is 31.1 Å². The Kier molecular flexibility index (Phi) is 4.99. The Hall–Kier alpha value is -3.30. The molecule has 11 heteroatoms. The molecule has 1 aliphatic rings. The molecule has 150 valence electrons. The second-order valence-electron chi connectivity index (χ2n) is 6.59. The van der Waals surface area contributed by atoms with Crippen molar-refractivity contribution in [3.8, 4) is 6.07 Å². The van der Waals surface area contributed by atoms with Crippen LogP contribution in [0.25, 0.3) is 11.2 Å². The number of aromatic nitrogens is 4. The third kappa shape index (κ3) is 3.34. The second kappa shape index (κ2) is 7.61. The van der Waals surface area contributed by atoms with Crippen LogP contribution in [0.3, 0.4) is 0 Å². The quantitative estimate of drug-likeness (QED) is 0.370. The summed E-state index contributed by atoms with van der Waals surface area (Å²) in [5, 5.41) is 38.4. The van der Waals surface area contributed by atoms with E-state index < -0.39 is 31.1 Å². The van der Waals surface area contributed by atoms with E-state index in [1.807, 2.05) is 6.07 Å². The van der Waals surface area contributed by atoms with Crippen molar-refractivity contribution in [3.63, 3.8) is 0 Å². The molecular weight excluding hydrogens is 380 g/mol. The van der Waals surface area contributed by atoms with Crippen LogP contribution < -0.4 is 15.3 Å². The summed E-state index contributed by atoms with van der Waals surface area (Å²) in [7, 11) is 0. The number of ether oxygens (including phenoxy) is 1. The third-order valence-corrected chi connectivity index (χ3v) is 4.75. The molecule has 1 fully saturated rings. The monoisotopic (exact) mass is 399 g/mol. The molecule has 1 aromatic carbocycles. The zero-order chi connectivity index (χ0) is 20.5. The molecule has 4 rings (SSSR count). The molecule has 1 aliphatic heterocycles. The minimum Gasteiger partial charge on any atom is -0.394 e. The van der Waals surface area contributed by atoms with Crippen molar-refractivity contribution in [1.29, 1.82) is 5.26 Å². The van der Waals surface area contributed by atoms with E-state index in [-0.39, 0.29) is 12.4 Å². The predicted molar refractivity (Wildman–Crippen MR) is 96.6 cm³/mol. The van der Waals surface area contributed by atoms with Crippen LogP contribution in [0.5, 0.6) is 0 Å². The molecule has 0 saturated carbocycles. The standard InChI is InChI=1S/C18H18N6O5/c19-5-10-2-1-3-11(4-10)7-28-24-9-22-17-13(16(24)20)21-8-23(17)18-15(27)14(26)12(6-25)29-18/h1-4,8-9,12,14-15,18,20,25-27H,6-7H2/p+1/t12-,14-,15-,18-/m1/s1. The average molecular weight is 399 g/mol. The Morgan fingerprint density at radius 2 is 2.14 bits per heavy atom. The summed E-state index contributed by atoms with van der Waals surface area (Å²) >= 11 is 0. The number of aliphatic hydroxyl groups excluding tert-OH is 3. The third-order valence-electron chi connectivity index (χ3n) is 4.75. The smallest absolute Gasteiger partial charge is 0.289 e. The lowest BCUT2D eigenvalue weighted by atomic mass is 10.1. The molecule has 29 heavy (non-hydrogen) atoms. The largest absolute Gasteiger partial charge is 0.394 e. The number of fused-ring (bicyclic) bond motifs is 1. The molecule has 3 heterocycles. The number of benzene rings is 1. The summed E-state index contributed by atoms with van der Waals surface area (Å²) in [6.07, 6.45) is -1.64. The van der Waals surface area contributed by atoms with E-state index in [0.29, 0.717) is 16.7 Å². The first-order chi connectivity index (χ1) is 14.0. The van der Waals surface area contributed by atoms with Crippen molar-refractivity contribution in [2.24, 2.45) is 0 Å². The first kappa shape index (κ1) is 19.0. The molecular formula is C18H19N6O5+. The van der Waals surface area contributed by atoms with Gasteiger partial charge in [0.2, 0.25) is 11.2 Å². The summed E-state index contributed by atoms with van der Waals surface area (Å²) in [6.45, 7) is -0.273. The number of rotatable bonds is 5. The maximum atomic E-state index is 10.2. The Balaban J connectivity index is 1.58. The van der Waals surface area contributed by atoms with Gasteiger partial charge in [-0.05, 0) is 17.7 Å². The summed E-state index contributed by atoms with van der Waals surface area (Å²) in [5.74, 6) is 0.178. The molecule has 2 aromatic heterocycles. The number of hydrogen-bond acceptors (Lipinski definition) is 9. The average Bonchev–Trinajstić information content (AvgIpc) is 3.29. The molecule has 0 aliphatic carbocycles. The van der Waals surface area contributed by atoms with E-state index in [1.54, 1.807) is 18.2 Å². The molecule has 0 bridgehead atoms. The van der Waals surface area contributed by atoms with Crippen molar-refractivity contribution in [1.82, 2.24) is 14.5 Å². The number of nitriles is 1. The van der Waals surface area contributed by atoms with E-state index >= 15 is 0 Å². The number of nitrogens with two attached hydrogens (primary N) is 1. The van der Waals surface area contributed by atoms with Gasteiger partial charge in [0.25, 0.3) is 12.1 Å². The van der Waals surface area contributed by atoms with E-state index in [0.717, 1.165) is 5.56 Å². The molecule has 1 saturated heterocycles. The fourth-order valence-corrected chi connectivity index (χ4v) is 3.21. The summed E-state index contributed by atoms with van der Waals surface area (Å²) in [5.41, 5.74) is 8.09. The van der Waals surface area contributed by atoms with Crippen molar-refractivity contribution < 1.29 is 29.6 Å². The minimum atomic E-state index is -1.26. The Labute approximate surface area is 164 Å². The first-order valence-electron chi connectivity index (χ1n) is 8.81. The fourth-order valence-electron chi connectivity index (χ4n) is 3.21. The highest BCUT2D eigenvalue weighted by atomic mass is 16.7. The van der Waals surface area contributed by atoms with Gasteiger partial charge in [0.05, 0.1) is 18.2 Å². The van der Waals surface area contributed by atoms with Crippen molar-refractivity contribution in [3.05, 3.63) is 48.0 Å². The van der Waals surface area contributed by atoms with E-state index in [2.05, 4.69) is 16.0 Å². The van der Waals surface area contributed by atoms with Gasteiger partial charge in [-0.3, -0.25) is 4.57 Å². The van der Waals surface area contributed by atoms with Crippen LogP contribution in [0.2, 0.25) is 0 Å². The van der Waals surface area contributed by atoms with Gasteiger partial charge in [0.15, 0.2) is 12.8 Å². The van der Waals surface area contributed by atoms with E-state index in [9.17, 15) is 15.3 Å². The molecule has 5 N–H and O–H groups in total. The zero-order valence-electron chi connectivity index (χ0n) is 15.2. The van der Waals surface area contributed by atoms with Crippen LogP contribution in [0, 0.1) is 11.3 Å². The topological polar surface area (TPSA) is 164 Å². The van der Waals surface area contributed by atoms with Gasteiger partial charge in [-0.15, -0.1) is 0 Å². The van der Waals surface area contributed by atoms with Crippen molar-refractivity contribution in [2.75, 3.05) is 12.3 Å². The predicted octanol–water partition coefficient (Wildman–Crippen LogP) is -1.59. The Bertz CT molecular complexity index is 1080. The Morgan fingerprint density at radius 3 is 2.86 bits per heavy atom. The maximum absolute atomic E-state index is 10.2. The van der Waals surface area contributed by atoms with Crippen molar-refractivity contribution >= 4 is 17.0 Å². The number of anilines is 1. The summed E-state index contributed by atoms with van der Waals surface area (Å²) in [4.78, 5) is 14.1. The highest BCUT2D eigenvalue weighted by Gasteiger charge is 2.44. The summed E-state index contributed by atoms with van der Waals surface area (Å²) in [6, 6.07) is 9.05. The van der Waals surface area contributed by atoms with Gasteiger partial charge in [0.1, 0.15) is 24.6 Å². The molecule has 0 spiro atoms. The van der Waals surface area contributed by atoms with Gasteiger partial charge >= 0.3 is 0 Å². The number of nitrogens with zero attached hydrogens (tertiary/aromatic N) is 5. The highest BCUT2D eigenvalue weighted by molar-refractivity contribution is 5.79. The lowest BCUT2D eigenvalue weighted by Gasteiger charge is -2.15. The second-order valence-corrected chi connectivity index (χ2v) is 6.59. The van der Waals surface area contributed by atoms with E-state index in [1.165, 1.54) is 22.0 Å². The van der Waals surface area contributed by atoms with Crippen LogP contribution >= 0.6 is 0 Å². The molecule has 11 nitrogen and oxygen atoms in total. The maximum Gasteiger partial charge on any atom is 0.289 e. The first-order valence-corrected chi connectivity index (χ1v) is 8.81. The fraction of sp³-hybridized carbons (Fsp3) is 0.333. The highest BCUT2D eigenvalue weighted by Crippen LogP contribution is 2.31. The number of hydrogen-bond donors (Lipinski definition) is 4. The van der Waals surface area contributed by atoms with Gasteiger partial charge in [-0.25, -0.2) is 4.98 Å². The molecule has 4 atom stereocenters. The number of aliphatic hydroxyl groups is 3. The zero-order valence-corrected chi connectivity index (χ0v) is 15.2. The number of imidazole rings is 1. The normalized spacial score (nSPS) is 23.9. The van der Waals surface area contributed by atoms with Crippen LogP contribution in [-0.4, -0.2) is 54.8 Å². The van der Waals surface area contributed by atoms with Crippen LogP contribution in [0.15, 0.2) is 36.9 Å². The van der Waals surface area contributed by atoms with Gasteiger partial charge < -0.3 is 30.6 Å². The number of nitrogen functional groups attached to an aromatic ring is 1. The van der Waals surface area contributed by atoms with Crippen LogP contribution in [0.1, 0.15) is 17.4 Å². The molecule has 0 unspecified atom stereocenters. The van der Waals surface area contributed by atoms with E-state index in [4.69, 9.17) is 20.6 Å². The van der Waals surface area contributed by atoms with Crippen LogP contribution in [-0.2, 0) is 11.3 Å². The molecule has 0 amide bonds. The van der Waals surface area contributed by atoms with Gasteiger partial charge in [-0.2, -0.15) is 5.26 Å². The molecule has 0 radical (unpaired) electrons.